The molecule has 0 unspecified atom stereocenters. The van der Waals surface area contributed by atoms with E-state index < -0.39 is 11.6 Å². The van der Waals surface area contributed by atoms with Crippen LogP contribution in [0.4, 0.5) is 0 Å². The highest BCUT2D eigenvalue weighted by molar-refractivity contribution is 6.47. The number of piperidine rings is 1. The topological polar surface area (TPSA) is 73.2 Å². The van der Waals surface area contributed by atoms with Crippen LogP contribution in [-0.2, 0) is 4.79 Å². The number of benzene rings is 2. The fraction of sp³-hybridized carbons (Fsp3) is 0.516. The summed E-state index contributed by atoms with van der Waals surface area (Å²) in [6, 6.07) is 11.8. The lowest BCUT2D eigenvalue weighted by molar-refractivity contribution is -0.134. The predicted octanol–water partition coefficient (Wildman–Crippen LogP) is 7.34. The summed E-state index contributed by atoms with van der Waals surface area (Å²) in [6.07, 6.45) is 3.07. The third-order valence-corrected chi connectivity index (χ3v) is 8.06. The van der Waals surface area contributed by atoms with Gasteiger partial charge in [0.1, 0.15) is 11.4 Å². The Bertz CT molecular complexity index is 1220. The van der Waals surface area contributed by atoms with Gasteiger partial charge < -0.3 is 14.9 Å². The molecule has 210 valence electrons. The van der Waals surface area contributed by atoms with Crippen LogP contribution < -0.4 is 0 Å². The zero-order chi connectivity index (χ0) is 28.5. The monoisotopic (exact) mass is 571 g/mol. The Morgan fingerprint density at radius 3 is 2.15 bits per heavy atom. The zero-order valence-corrected chi connectivity index (χ0v) is 25.0. The maximum absolute atomic E-state index is 14.4. The number of carbonyl (C=O) groups excluding carboxylic acids is 1. The Balaban J connectivity index is 1.79. The van der Waals surface area contributed by atoms with E-state index >= 15 is 0 Å². The summed E-state index contributed by atoms with van der Waals surface area (Å²) >= 11 is 12.7. The maximum atomic E-state index is 14.4. The van der Waals surface area contributed by atoms with E-state index in [9.17, 15) is 14.7 Å². The molecular formula is C31H39Cl2N3O3. The van der Waals surface area contributed by atoms with Gasteiger partial charge in [0.2, 0.25) is 0 Å². The molecule has 2 aliphatic heterocycles. The van der Waals surface area contributed by atoms with Gasteiger partial charge >= 0.3 is 5.97 Å². The van der Waals surface area contributed by atoms with Crippen molar-refractivity contribution in [1.29, 1.82) is 0 Å². The number of hydrogen-bond donors (Lipinski definition) is 1. The first kappa shape index (κ1) is 29.6. The Morgan fingerprint density at radius 2 is 1.64 bits per heavy atom. The molecular weight excluding hydrogens is 533 g/mol. The second-order valence-electron chi connectivity index (χ2n) is 12.5. The highest BCUT2D eigenvalue weighted by atomic mass is 35.5. The lowest BCUT2D eigenvalue weighted by Gasteiger charge is -2.47. The molecule has 4 rings (SSSR count). The molecule has 0 radical (unpaired) electrons. The molecule has 1 fully saturated rings. The van der Waals surface area contributed by atoms with E-state index in [4.69, 9.17) is 28.2 Å². The van der Waals surface area contributed by atoms with Crippen LogP contribution in [0.25, 0.3) is 0 Å². The third kappa shape index (κ3) is 6.85. The van der Waals surface area contributed by atoms with Crippen LogP contribution in [0.15, 0.2) is 47.5 Å². The first-order valence-corrected chi connectivity index (χ1v) is 14.5. The van der Waals surface area contributed by atoms with Crippen LogP contribution in [0.5, 0.6) is 0 Å². The minimum atomic E-state index is -0.970. The number of carboxylic acids is 1. The SMILES string of the molecule is CC(C)CN1CCC2(CC1)N=C(c1cc(Cl)cc(Cl)c1)C(=O)N2[C@H](CCC(C)(C)C)c1ccc(C(=O)O)cc1. The number of hydrogen-bond acceptors (Lipinski definition) is 4. The van der Waals surface area contributed by atoms with Gasteiger partial charge in [-0.1, -0.05) is 70.0 Å². The highest BCUT2D eigenvalue weighted by Crippen LogP contribution is 2.45. The molecule has 1 saturated heterocycles. The quantitative estimate of drug-likeness (QED) is 0.359. The average molecular weight is 573 g/mol. The van der Waals surface area contributed by atoms with Gasteiger partial charge in [-0.3, -0.25) is 9.79 Å². The van der Waals surface area contributed by atoms with Gasteiger partial charge in [0.15, 0.2) is 0 Å². The molecule has 2 aromatic carbocycles. The molecule has 6 nitrogen and oxygen atoms in total. The van der Waals surface area contributed by atoms with E-state index in [-0.39, 0.29) is 22.9 Å². The van der Waals surface area contributed by atoms with E-state index in [2.05, 4.69) is 39.5 Å². The molecule has 2 heterocycles. The number of aromatic carboxylic acids is 1. The normalized spacial score (nSPS) is 18.6. The smallest absolute Gasteiger partial charge is 0.335 e. The average Bonchev–Trinajstić information content (AvgIpc) is 3.11. The van der Waals surface area contributed by atoms with Gasteiger partial charge in [-0.05, 0) is 60.1 Å². The molecule has 2 aliphatic rings. The number of aliphatic imine (C=N–C) groups is 1. The Labute approximate surface area is 242 Å². The number of likely N-dealkylation sites (tertiary alicyclic amines) is 1. The molecule has 0 bridgehead atoms. The van der Waals surface area contributed by atoms with Gasteiger partial charge in [-0.15, -0.1) is 0 Å². The minimum absolute atomic E-state index is 0.0555. The van der Waals surface area contributed by atoms with Crippen LogP contribution in [0.2, 0.25) is 10.0 Å². The zero-order valence-electron chi connectivity index (χ0n) is 23.5. The molecule has 0 aromatic heterocycles. The number of carboxylic acid groups (broad SMARTS) is 1. The van der Waals surface area contributed by atoms with Gasteiger partial charge in [0.05, 0.1) is 11.6 Å². The minimum Gasteiger partial charge on any atom is -0.478 e. The van der Waals surface area contributed by atoms with Crippen molar-refractivity contribution in [2.45, 2.75) is 72.0 Å². The Kier molecular flexibility index (Phi) is 8.79. The van der Waals surface area contributed by atoms with Crippen molar-refractivity contribution in [3.05, 3.63) is 69.2 Å². The largest absolute Gasteiger partial charge is 0.478 e. The van der Waals surface area contributed by atoms with Crippen LogP contribution in [-0.4, -0.2) is 57.8 Å². The van der Waals surface area contributed by atoms with Gasteiger partial charge in [0.25, 0.3) is 5.91 Å². The van der Waals surface area contributed by atoms with Gasteiger partial charge in [-0.25, -0.2) is 4.79 Å². The van der Waals surface area contributed by atoms with Gasteiger partial charge in [0, 0.05) is 48.1 Å². The summed E-state index contributed by atoms with van der Waals surface area (Å²) in [5.41, 5.74) is 1.52. The highest BCUT2D eigenvalue weighted by Gasteiger charge is 2.51. The molecule has 8 heteroatoms. The number of nitrogens with zero attached hydrogens (tertiary/aromatic N) is 3. The number of rotatable bonds is 8. The third-order valence-electron chi connectivity index (χ3n) is 7.63. The summed E-state index contributed by atoms with van der Waals surface area (Å²) in [6.45, 7) is 13.7. The first-order valence-electron chi connectivity index (χ1n) is 13.7. The lowest BCUT2D eigenvalue weighted by atomic mass is 9.84. The van der Waals surface area contributed by atoms with Crippen LogP contribution in [0.3, 0.4) is 0 Å². The Hall–Kier alpha value is -2.41. The van der Waals surface area contributed by atoms with E-state index in [1.165, 1.54) is 0 Å². The molecule has 2 aromatic rings. The predicted molar refractivity (Wildman–Crippen MR) is 158 cm³/mol. The van der Waals surface area contributed by atoms with Crippen molar-refractivity contribution in [3.63, 3.8) is 0 Å². The maximum Gasteiger partial charge on any atom is 0.335 e. The standard InChI is InChI=1S/C31H39Cl2N3O3/c1-20(2)19-35-14-12-31(13-15-35)34-27(23-16-24(32)18-25(33)17-23)28(37)36(31)26(10-11-30(3,4)5)21-6-8-22(9-7-21)29(38)39/h6-9,16-18,20,26H,10-15,19H2,1-5H3,(H,38,39)/t26-/m1/s1. The van der Waals surface area contributed by atoms with Gasteiger partial charge in [-0.2, -0.15) is 0 Å². The molecule has 1 amide bonds. The van der Waals surface area contributed by atoms with Crippen molar-refractivity contribution >= 4 is 40.8 Å². The van der Waals surface area contributed by atoms with E-state index in [1.807, 2.05) is 17.0 Å². The summed E-state index contributed by atoms with van der Waals surface area (Å²) < 4.78 is 0. The fourth-order valence-electron chi connectivity index (χ4n) is 5.75. The van der Waals surface area contributed by atoms with Crippen molar-refractivity contribution in [1.82, 2.24) is 9.80 Å². The van der Waals surface area contributed by atoms with Crippen molar-refractivity contribution in [3.8, 4) is 0 Å². The van der Waals surface area contributed by atoms with Crippen LogP contribution in [0.1, 0.15) is 87.8 Å². The summed E-state index contributed by atoms with van der Waals surface area (Å²) in [7, 11) is 0. The number of halogens is 2. The Morgan fingerprint density at radius 1 is 1.05 bits per heavy atom. The fourth-order valence-corrected chi connectivity index (χ4v) is 6.27. The number of amides is 1. The van der Waals surface area contributed by atoms with Crippen molar-refractivity contribution < 1.29 is 14.7 Å². The molecule has 0 aliphatic carbocycles. The van der Waals surface area contributed by atoms with Crippen LogP contribution >= 0.6 is 23.2 Å². The summed E-state index contributed by atoms with van der Waals surface area (Å²) in [4.78, 5) is 35.6. The van der Waals surface area contributed by atoms with Crippen LogP contribution in [0, 0.1) is 11.3 Å². The summed E-state index contributed by atoms with van der Waals surface area (Å²) in [5.74, 6) is -0.547. The molecule has 0 saturated carbocycles. The van der Waals surface area contributed by atoms with E-state index in [0.717, 1.165) is 50.9 Å². The van der Waals surface area contributed by atoms with E-state index in [0.29, 0.717) is 27.2 Å². The van der Waals surface area contributed by atoms with Crippen molar-refractivity contribution in [2.24, 2.45) is 16.3 Å². The molecule has 1 atom stereocenters. The molecule has 1 N–H and O–H groups in total. The second-order valence-corrected chi connectivity index (χ2v) is 13.4. The molecule has 39 heavy (non-hydrogen) atoms. The van der Waals surface area contributed by atoms with Crippen molar-refractivity contribution in [2.75, 3.05) is 19.6 Å². The molecule has 1 spiro atoms. The van der Waals surface area contributed by atoms with E-state index in [1.54, 1.807) is 30.3 Å². The summed E-state index contributed by atoms with van der Waals surface area (Å²) in [5, 5.41) is 10.4. The first-order chi connectivity index (χ1) is 18.3. The number of carbonyl (C=O) groups is 2. The second kappa shape index (κ2) is 11.6. The lowest BCUT2D eigenvalue weighted by Crippen LogP contribution is -2.55.